The van der Waals surface area contributed by atoms with Crippen LogP contribution in [0, 0.1) is 0 Å². The van der Waals surface area contributed by atoms with Gasteiger partial charge in [-0.3, -0.25) is 4.79 Å². The summed E-state index contributed by atoms with van der Waals surface area (Å²) < 4.78 is 0. The summed E-state index contributed by atoms with van der Waals surface area (Å²) in [6, 6.07) is 8.31. The summed E-state index contributed by atoms with van der Waals surface area (Å²) in [7, 11) is 0. The topological polar surface area (TPSA) is 68.2 Å². The Morgan fingerprint density at radius 2 is 2.20 bits per heavy atom. The lowest BCUT2D eigenvalue weighted by Crippen LogP contribution is -2.40. The van der Waals surface area contributed by atoms with Crippen molar-refractivity contribution in [3.05, 3.63) is 35.4 Å². The van der Waals surface area contributed by atoms with Gasteiger partial charge in [0.1, 0.15) is 0 Å². The van der Waals surface area contributed by atoms with Crippen LogP contribution in [0.4, 0.5) is 0 Å². The molecular formula is C19H28N4O2. The molecule has 6 nitrogen and oxygen atoms in total. The predicted molar refractivity (Wildman–Crippen MR) is 98.1 cm³/mol. The molecule has 0 radical (unpaired) electrons. The number of amides is 1. The summed E-state index contributed by atoms with van der Waals surface area (Å²) >= 11 is 0. The van der Waals surface area contributed by atoms with Crippen molar-refractivity contribution in [2.45, 2.75) is 45.4 Å². The zero-order chi connectivity index (χ0) is 17.6. The second-order valence-corrected chi connectivity index (χ2v) is 6.80. The van der Waals surface area contributed by atoms with Crippen molar-refractivity contribution >= 4 is 11.9 Å². The normalized spacial score (nSPS) is 21.3. The van der Waals surface area contributed by atoms with Gasteiger partial charge in [-0.25, -0.2) is 4.99 Å². The van der Waals surface area contributed by atoms with Crippen molar-refractivity contribution in [2.24, 2.45) is 4.99 Å². The minimum absolute atomic E-state index is 0.255. The van der Waals surface area contributed by atoms with E-state index in [1.807, 2.05) is 11.0 Å². The highest BCUT2D eigenvalue weighted by Crippen LogP contribution is 2.16. The van der Waals surface area contributed by atoms with Crippen molar-refractivity contribution < 1.29 is 9.90 Å². The number of nitrogens with zero attached hydrogens (tertiary/aromatic N) is 3. The Kier molecular flexibility index (Phi) is 5.91. The zero-order valence-electron chi connectivity index (χ0n) is 14.9. The number of hydrogen-bond acceptors (Lipinski definition) is 3. The number of aliphatic hydroxyl groups excluding tert-OH is 1. The van der Waals surface area contributed by atoms with Gasteiger partial charge in [-0.2, -0.15) is 0 Å². The van der Waals surface area contributed by atoms with Gasteiger partial charge in [0.2, 0.25) is 5.91 Å². The summed E-state index contributed by atoms with van der Waals surface area (Å²) in [5, 5.41) is 13.0. The first-order valence-corrected chi connectivity index (χ1v) is 9.22. The van der Waals surface area contributed by atoms with E-state index < -0.39 is 0 Å². The molecule has 0 aliphatic carbocycles. The number of aliphatic hydroxyl groups is 1. The highest BCUT2D eigenvalue weighted by Gasteiger charge is 2.23. The quantitative estimate of drug-likeness (QED) is 0.625. The molecule has 25 heavy (non-hydrogen) atoms. The maximum absolute atomic E-state index is 11.8. The van der Waals surface area contributed by atoms with Crippen LogP contribution in [0.5, 0.6) is 0 Å². The molecule has 136 valence electrons. The number of β-amino-alcohol motifs (C(OH)–C–C–N with tert-alkyl or cyclic N) is 1. The van der Waals surface area contributed by atoms with Crippen LogP contribution in [0.3, 0.4) is 0 Å². The van der Waals surface area contributed by atoms with Crippen LogP contribution >= 0.6 is 0 Å². The van der Waals surface area contributed by atoms with Crippen LogP contribution in [0.2, 0.25) is 0 Å². The SMILES string of the molecule is CCNC(=NCc1cccc(CN2CCCC2=O)c1)N1CC[C@@H](O)C1. The molecule has 0 aromatic heterocycles. The molecule has 2 fully saturated rings. The van der Waals surface area contributed by atoms with Crippen LogP contribution in [0.15, 0.2) is 29.3 Å². The van der Waals surface area contributed by atoms with Crippen molar-refractivity contribution in [3.63, 3.8) is 0 Å². The number of guanidine groups is 1. The van der Waals surface area contributed by atoms with E-state index in [1.165, 1.54) is 0 Å². The molecule has 0 bridgehead atoms. The van der Waals surface area contributed by atoms with Gasteiger partial charge in [0.25, 0.3) is 0 Å². The fraction of sp³-hybridized carbons (Fsp3) is 0.579. The second-order valence-electron chi connectivity index (χ2n) is 6.80. The number of aliphatic imine (C=N–C) groups is 1. The molecule has 1 atom stereocenters. The summed E-state index contributed by atoms with van der Waals surface area (Å²) in [4.78, 5) is 20.6. The highest BCUT2D eigenvalue weighted by molar-refractivity contribution is 5.80. The second kappa shape index (κ2) is 8.34. The molecule has 2 aliphatic rings. The Morgan fingerprint density at radius 3 is 2.88 bits per heavy atom. The van der Waals surface area contributed by atoms with Crippen LogP contribution in [0.25, 0.3) is 0 Å². The van der Waals surface area contributed by atoms with E-state index in [2.05, 4.69) is 35.3 Å². The molecule has 0 unspecified atom stereocenters. The average molecular weight is 344 g/mol. The molecule has 1 amide bonds. The van der Waals surface area contributed by atoms with Gasteiger partial charge in [0.05, 0.1) is 12.6 Å². The first-order chi connectivity index (χ1) is 12.2. The van der Waals surface area contributed by atoms with Gasteiger partial charge in [-0.05, 0) is 30.9 Å². The Hall–Kier alpha value is -2.08. The van der Waals surface area contributed by atoms with E-state index in [1.54, 1.807) is 0 Å². The van der Waals surface area contributed by atoms with E-state index in [0.717, 1.165) is 49.6 Å². The number of hydrogen-bond donors (Lipinski definition) is 2. The third-order valence-electron chi connectivity index (χ3n) is 4.75. The molecule has 2 N–H and O–H groups in total. The van der Waals surface area contributed by atoms with Gasteiger partial charge < -0.3 is 20.2 Å². The summed E-state index contributed by atoms with van der Waals surface area (Å²) in [6.45, 7) is 6.49. The molecule has 0 spiro atoms. The van der Waals surface area contributed by atoms with Crippen LogP contribution in [-0.4, -0.2) is 59.1 Å². The van der Waals surface area contributed by atoms with E-state index in [4.69, 9.17) is 4.99 Å². The minimum atomic E-state index is -0.259. The monoisotopic (exact) mass is 344 g/mol. The lowest BCUT2D eigenvalue weighted by molar-refractivity contribution is -0.128. The summed E-state index contributed by atoms with van der Waals surface area (Å²) in [5.41, 5.74) is 2.30. The van der Waals surface area contributed by atoms with E-state index in [-0.39, 0.29) is 12.0 Å². The number of carbonyl (C=O) groups is 1. The number of rotatable bonds is 5. The summed E-state index contributed by atoms with van der Waals surface area (Å²) in [5.74, 6) is 1.12. The van der Waals surface area contributed by atoms with E-state index in [0.29, 0.717) is 26.1 Å². The maximum Gasteiger partial charge on any atom is 0.222 e. The molecule has 1 aromatic rings. The lowest BCUT2D eigenvalue weighted by Gasteiger charge is -2.21. The molecule has 2 saturated heterocycles. The fourth-order valence-electron chi connectivity index (χ4n) is 3.44. The van der Waals surface area contributed by atoms with Crippen LogP contribution < -0.4 is 5.32 Å². The lowest BCUT2D eigenvalue weighted by atomic mass is 10.1. The molecule has 1 aromatic carbocycles. The van der Waals surface area contributed by atoms with Crippen molar-refractivity contribution in [1.29, 1.82) is 0 Å². The first kappa shape index (κ1) is 17.7. The molecular weight excluding hydrogens is 316 g/mol. The third kappa shape index (κ3) is 4.72. The number of nitrogens with one attached hydrogen (secondary N) is 1. The van der Waals surface area contributed by atoms with Gasteiger partial charge in [-0.1, -0.05) is 24.3 Å². The van der Waals surface area contributed by atoms with Crippen LogP contribution in [-0.2, 0) is 17.9 Å². The smallest absolute Gasteiger partial charge is 0.222 e. The van der Waals surface area contributed by atoms with Crippen molar-refractivity contribution in [1.82, 2.24) is 15.1 Å². The van der Waals surface area contributed by atoms with Gasteiger partial charge in [0, 0.05) is 39.1 Å². The van der Waals surface area contributed by atoms with E-state index >= 15 is 0 Å². The van der Waals surface area contributed by atoms with E-state index in [9.17, 15) is 9.90 Å². The Morgan fingerprint density at radius 1 is 1.36 bits per heavy atom. The number of likely N-dealkylation sites (tertiary alicyclic amines) is 2. The van der Waals surface area contributed by atoms with Crippen LogP contribution in [0.1, 0.15) is 37.3 Å². The fourth-order valence-corrected chi connectivity index (χ4v) is 3.44. The molecule has 0 saturated carbocycles. The zero-order valence-corrected chi connectivity index (χ0v) is 14.9. The Labute approximate surface area is 149 Å². The van der Waals surface area contributed by atoms with Crippen molar-refractivity contribution in [3.8, 4) is 0 Å². The third-order valence-corrected chi connectivity index (χ3v) is 4.75. The Balaban J connectivity index is 1.64. The average Bonchev–Trinajstić information content (AvgIpc) is 3.21. The van der Waals surface area contributed by atoms with Crippen molar-refractivity contribution in [2.75, 3.05) is 26.2 Å². The molecule has 3 rings (SSSR count). The highest BCUT2D eigenvalue weighted by atomic mass is 16.3. The van der Waals surface area contributed by atoms with Gasteiger partial charge >= 0.3 is 0 Å². The minimum Gasteiger partial charge on any atom is -0.391 e. The standard InChI is InChI=1S/C19H28N4O2/c1-2-20-19(23-10-8-17(24)14-23)21-12-15-5-3-6-16(11-15)13-22-9-4-7-18(22)25/h3,5-6,11,17,24H,2,4,7-10,12-14H2,1H3,(H,20,21)/t17-/m1/s1. The van der Waals surface area contributed by atoms with Gasteiger partial charge in [-0.15, -0.1) is 0 Å². The molecule has 6 heteroatoms. The molecule has 2 heterocycles. The largest absolute Gasteiger partial charge is 0.391 e. The Bertz CT molecular complexity index is 632. The maximum atomic E-state index is 11.8. The number of benzene rings is 1. The predicted octanol–water partition coefficient (Wildman–Crippen LogP) is 1.34. The van der Waals surface area contributed by atoms with Gasteiger partial charge in [0.15, 0.2) is 5.96 Å². The number of carbonyl (C=O) groups excluding carboxylic acids is 1. The summed E-state index contributed by atoms with van der Waals surface area (Å²) in [6.07, 6.45) is 2.18. The molecule has 2 aliphatic heterocycles. The first-order valence-electron chi connectivity index (χ1n) is 9.22.